The molecule has 0 saturated carbocycles. The Morgan fingerprint density at radius 1 is 1.24 bits per heavy atom. The largest absolute Gasteiger partial charge is 0.338 e. The maximum atomic E-state index is 13.1. The van der Waals surface area contributed by atoms with Crippen LogP contribution < -0.4 is 5.32 Å². The summed E-state index contributed by atoms with van der Waals surface area (Å²) in [5, 5.41) is 12.4. The summed E-state index contributed by atoms with van der Waals surface area (Å²) in [6.07, 6.45) is 4.21. The molecule has 106 valence electrons. The van der Waals surface area contributed by atoms with Crippen LogP contribution in [0.2, 0.25) is 0 Å². The molecule has 3 nitrogen and oxygen atoms in total. The number of aryl methyl sites for hydroxylation is 2. The van der Waals surface area contributed by atoms with Crippen LogP contribution in [0.15, 0.2) is 28.7 Å². The summed E-state index contributed by atoms with van der Waals surface area (Å²) < 4.78 is 13.7. The molecule has 0 amide bonds. The minimum atomic E-state index is -0.314. The van der Waals surface area contributed by atoms with Gasteiger partial charge in [-0.1, -0.05) is 0 Å². The van der Waals surface area contributed by atoms with E-state index in [1.54, 1.807) is 6.07 Å². The molecule has 1 aliphatic rings. The van der Waals surface area contributed by atoms with Gasteiger partial charge < -0.3 is 5.32 Å². The van der Waals surface area contributed by atoms with Gasteiger partial charge in [-0.3, -0.25) is 0 Å². The van der Waals surface area contributed by atoms with Crippen molar-refractivity contribution < 1.29 is 4.39 Å². The number of anilines is 2. The smallest absolute Gasteiger partial charge is 0.148 e. The molecule has 1 N–H and O–H groups in total. The second-order valence-corrected chi connectivity index (χ2v) is 5.91. The zero-order valence-corrected chi connectivity index (χ0v) is 12.9. The van der Waals surface area contributed by atoms with Crippen LogP contribution in [0, 0.1) is 17.1 Å². The van der Waals surface area contributed by atoms with Gasteiger partial charge in [0.2, 0.25) is 0 Å². The predicted octanol–water partition coefficient (Wildman–Crippen LogP) is 4.48. The predicted molar refractivity (Wildman–Crippen MR) is 83.0 cm³/mol. The minimum Gasteiger partial charge on any atom is -0.338 e. The van der Waals surface area contributed by atoms with Gasteiger partial charge in [0.05, 0.1) is 11.3 Å². The van der Waals surface area contributed by atoms with Crippen molar-refractivity contribution >= 4 is 27.4 Å². The lowest BCUT2D eigenvalue weighted by atomic mass is 9.95. The number of hydrogen-bond acceptors (Lipinski definition) is 3. The van der Waals surface area contributed by atoms with Crippen molar-refractivity contribution in [2.45, 2.75) is 25.7 Å². The third-order valence-electron chi connectivity index (χ3n) is 3.61. The van der Waals surface area contributed by atoms with Crippen LogP contribution in [0.1, 0.15) is 29.7 Å². The number of halogens is 2. The van der Waals surface area contributed by atoms with Gasteiger partial charge in [0.25, 0.3) is 0 Å². The molecule has 1 aromatic carbocycles. The number of benzene rings is 1. The fourth-order valence-corrected chi connectivity index (χ4v) is 2.98. The molecule has 0 bridgehead atoms. The molecule has 1 aliphatic carbocycles. The number of rotatable bonds is 2. The van der Waals surface area contributed by atoms with Gasteiger partial charge in [0, 0.05) is 10.2 Å². The van der Waals surface area contributed by atoms with E-state index in [1.165, 1.54) is 17.7 Å². The molecular weight excluding hydrogens is 333 g/mol. The Kier molecular flexibility index (Phi) is 3.89. The van der Waals surface area contributed by atoms with Crippen LogP contribution >= 0.6 is 15.9 Å². The maximum Gasteiger partial charge on any atom is 0.148 e. The van der Waals surface area contributed by atoms with Crippen LogP contribution in [0.4, 0.5) is 15.9 Å². The molecule has 5 heteroatoms. The van der Waals surface area contributed by atoms with E-state index in [0.717, 1.165) is 31.4 Å². The summed E-state index contributed by atoms with van der Waals surface area (Å²) in [6.45, 7) is 0. The second kappa shape index (κ2) is 5.82. The fourth-order valence-electron chi connectivity index (χ4n) is 2.53. The van der Waals surface area contributed by atoms with E-state index >= 15 is 0 Å². The molecule has 0 spiro atoms. The summed E-state index contributed by atoms with van der Waals surface area (Å²) in [7, 11) is 0. The van der Waals surface area contributed by atoms with Gasteiger partial charge in [-0.15, -0.1) is 0 Å². The van der Waals surface area contributed by atoms with Gasteiger partial charge in [-0.25, -0.2) is 9.37 Å². The minimum absolute atomic E-state index is 0.314. The Balaban J connectivity index is 1.99. The highest BCUT2D eigenvalue weighted by Gasteiger charge is 2.15. The lowest BCUT2D eigenvalue weighted by molar-refractivity contribution is 0.627. The van der Waals surface area contributed by atoms with Gasteiger partial charge >= 0.3 is 0 Å². The normalized spacial score (nSPS) is 13.4. The fraction of sp³-hybridized carbons (Fsp3) is 0.250. The van der Waals surface area contributed by atoms with Gasteiger partial charge in [0.1, 0.15) is 17.7 Å². The highest BCUT2D eigenvalue weighted by Crippen LogP contribution is 2.29. The van der Waals surface area contributed by atoms with Crippen LogP contribution in [0.5, 0.6) is 0 Å². The molecule has 0 atom stereocenters. The van der Waals surface area contributed by atoms with Gasteiger partial charge in [-0.05, 0) is 71.4 Å². The third kappa shape index (κ3) is 2.91. The van der Waals surface area contributed by atoms with Crippen LogP contribution in [0.3, 0.4) is 0 Å². The molecule has 1 aromatic heterocycles. The topological polar surface area (TPSA) is 48.7 Å². The molecule has 0 unspecified atom stereocenters. The number of nitriles is 1. The molecule has 3 rings (SSSR count). The number of nitrogens with zero attached hydrogens (tertiary/aromatic N) is 2. The highest BCUT2D eigenvalue weighted by molar-refractivity contribution is 9.10. The Labute approximate surface area is 131 Å². The van der Waals surface area contributed by atoms with E-state index in [0.29, 0.717) is 21.5 Å². The Hall–Kier alpha value is -1.93. The zero-order chi connectivity index (χ0) is 14.8. The SMILES string of the molecule is N#Cc1cc2c(nc1Nc1ccc(F)cc1Br)CCCC2. The van der Waals surface area contributed by atoms with Crippen molar-refractivity contribution in [1.82, 2.24) is 4.98 Å². The molecule has 0 fully saturated rings. The summed E-state index contributed by atoms with van der Waals surface area (Å²) in [5.41, 5.74) is 3.44. The monoisotopic (exact) mass is 345 g/mol. The third-order valence-corrected chi connectivity index (χ3v) is 4.26. The van der Waals surface area contributed by atoms with Crippen molar-refractivity contribution in [3.8, 4) is 6.07 Å². The number of fused-ring (bicyclic) bond motifs is 1. The van der Waals surface area contributed by atoms with Crippen LogP contribution in [-0.4, -0.2) is 4.98 Å². The van der Waals surface area contributed by atoms with Crippen molar-refractivity contribution in [3.05, 3.63) is 51.4 Å². The maximum absolute atomic E-state index is 13.1. The average Bonchev–Trinajstić information content (AvgIpc) is 2.49. The van der Waals surface area contributed by atoms with E-state index in [9.17, 15) is 9.65 Å². The van der Waals surface area contributed by atoms with E-state index in [2.05, 4.69) is 32.3 Å². The van der Waals surface area contributed by atoms with Gasteiger partial charge in [0.15, 0.2) is 0 Å². The summed E-state index contributed by atoms with van der Waals surface area (Å²) in [4.78, 5) is 4.59. The molecular formula is C16H13BrFN3. The van der Waals surface area contributed by atoms with Crippen LogP contribution in [-0.2, 0) is 12.8 Å². The zero-order valence-electron chi connectivity index (χ0n) is 11.3. The molecule has 0 saturated heterocycles. The van der Waals surface area contributed by atoms with E-state index < -0.39 is 0 Å². The van der Waals surface area contributed by atoms with Crippen LogP contribution in [0.25, 0.3) is 0 Å². The van der Waals surface area contributed by atoms with E-state index in [4.69, 9.17) is 0 Å². The quantitative estimate of drug-likeness (QED) is 0.872. The van der Waals surface area contributed by atoms with Crippen molar-refractivity contribution in [2.75, 3.05) is 5.32 Å². The number of pyridine rings is 1. The highest BCUT2D eigenvalue weighted by atomic mass is 79.9. The second-order valence-electron chi connectivity index (χ2n) is 5.06. The van der Waals surface area contributed by atoms with E-state index in [1.807, 2.05) is 6.07 Å². The number of hydrogen-bond donors (Lipinski definition) is 1. The van der Waals surface area contributed by atoms with Crippen molar-refractivity contribution in [3.63, 3.8) is 0 Å². The van der Waals surface area contributed by atoms with Gasteiger partial charge in [-0.2, -0.15) is 5.26 Å². The molecule has 2 aromatic rings. The molecule has 0 radical (unpaired) electrons. The van der Waals surface area contributed by atoms with Crippen molar-refractivity contribution in [1.29, 1.82) is 5.26 Å². The van der Waals surface area contributed by atoms with E-state index in [-0.39, 0.29) is 5.82 Å². The first kappa shape index (κ1) is 14.0. The lowest BCUT2D eigenvalue weighted by Crippen LogP contribution is -2.09. The summed E-state index contributed by atoms with van der Waals surface area (Å²) in [5.74, 6) is 0.219. The summed E-state index contributed by atoms with van der Waals surface area (Å²) >= 11 is 3.31. The lowest BCUT2D eigenvalue weighted by Gasteiger charge is -2.17. The first-order valence-corrected chi connectivity index (χ1v) is 7.61. The summed E-state index contributed by atoms with van der Waals surface area (Å²) in [6, 6.07) is 8.48. The Morgan fingerprint density at radius 2 is 2.05 bits per heavy atom. The Morgan fingerprint density at radius 3 is 2.81 bits per heavy atom. The molecule has 21 heavy (non-hydrogen) atoms. The first-order valence-electron chi connectivity index (χ1n) is 6.82. The molecule has 0 aliphatic heterocycles. The Bertz CT molecular complexity index is 737. The number of aromatic nitrogens is 1. The molecule has 1 heterocycles. The average molecular weight is 346 g/mol. The van der Waals surface area contributed by atoms with Crippen molar-refractivity contribution in [2.24, 2.45) is 0 Å². The standard InChI is InChI=1S/C16H13BrFN3/c17-13-8-12(18)5-6-15(13)21-16-11(9-19)7-10-3-1-2-4-14(10)20-16/h5-8H,1-4H2,(H,20,21). The number of nitrogens with one attached hydrogen (secondary N) is 1. The first-order chi connectivity index (χ1) is 10.2.